The molecule has 0 spiro atoms. The second kappa shape index (κ2) is 9.71. The number of hydrogen-bond acceptors (Lipinski definition) is 5. The van der Waals surface area contributed by atoms with Crippen LogP contribution in [0.3, 0.4) is 0 Å². The molecule has 2 aromatic carbocycles. The van der Waals surface area contributed by atoms with Crippen molar-refractivity contribution in [1.29, 1.82) is 0 Å². The normalized spacial score (nSPS) is 13.4. The van der Waals surface area contributed by atoms with Crippen LogP contribution in [0.15, 0.2) is 53.4 Å². The van der Waals surface area contributed by atoms with Gasteiger partial charge in [-0.05, 0) is 17.5 Å². The van der Waals surface area contributed by atoms with Gasteiger partial charge in [0.15, 0.2) is 0 Å². The molecule has 0 heterocycles. The largest absolute Gasteiger partial charge is 0.386 e. The minimum absolute atomic E-state index is 0.0425. The van der Waals surface area contributed by atoms with E-state index in [9.17, 15) is 20.0 Å². The van der Waals surface area contributed by atoms with E-state index in [0.29, 0.717) is 10.5 Å². The summed E-state index contributed by atoms with van der Waals surface area (Å²) >= 11 is 1.47. The van der Waals surface area contributed by atoms with Gasteiger partial charge in [-0.2, -0.15) is 0 Å². The molecule has 0 aliphatic carbocycles. The van der Waals surface area contributed by atoms with E-state index in [0.717, 1.165) is 0 Å². The van der Waals surface area contributed by atoms with Gasteiger partial charge >= 0.3 is 0 Å². The number of amides is 1. The van der Waals surface area contributed by atoms with Crippen molar-refractivity contribution in [2.45, 2.75) is 50.0 Å². The Balaban J connectivity index is 2.34. The van der Waals surface area contributed by atoms with Crippen LogP contribution in [0.5, 0.6) is 0 Å². The molecule has 0 radical (unpaired) electrons. The molecule has 2 aromatic rings. The summed E-state index contributed by atoms with van der Waals surface area (Å²) in [6, 6.07) is 12.9. The first-order valence-electron chi connectivity index (χ1n) is 9.19. The second-order valence-electron chi connectivity index (χ2n) is 7.20. The predicted molar refractivity (Wildman–Crippen MR) is 112 cm³/mol. The lowest BCUT2D eigenvalue weighted by atomic mass is 9.93. The fourth-order valence-corrected chi connectivity index (χ4v) is 3.80. The molecule has 0 aromatic heterocycles. The Hall–Kier alpha value is -2.38. The van der Waals surface area contributed by atoms with Crippen LogP contribution < -0.4 is 5.32 Å². The van der Waals surface area contributed by atoms with Gasteiger partial charge in [-0.1, -0.05) is 58.0 Å². The number of aliphatic hydroxyl groups is 1. The second-order valence-corrected chi connectivity index (χ2v) is 8.82. The lowest BCUT2D eigenvalue weighted by molar-refractivity contribution is -0.384. The Labute approximate surface area is 169 Å². The Bertz CT molecular complexity index is 824. The zero-order valence-corrected chi connectivity index (χ0v) is 17.3. The molecule has 2 atom stereocenters. The summed E-state index contributed by atoms with van der Waals surface area (Å²) < 4.78 is 0. The summed E-state index contributed by atoms with van der Waals surface area (Å²) in [7, 11) is 0. The highest BCUT2D eigenvalue weighted by atomic mass is 32.2. The van der Waals surface area contributed by atoms with E-state index >= 15 is 0 Å². The first-order chi connectivity index (χ1) is 13.2. The Morgan fingerprint density at radius 2 is 1.75 bits per heavy atom. The first-order valence-corrected chi connectivity index (χ1v) is 10.1. The van der Waals surface area contributed by atoms with Gasteiger partial charge in [0.2, 0.25) is 0 Å². The average Bonchev–Trinajstić information content (AvgIpc) is 2.65. The number of aliphatic hydroxyl groups excluding tert-OH is 1. The Morgan fingerprint density at radius 3 is 2.29 bits per heavy atom. The molecule has 2 rings (SSSR count). The quantitative estimate of drug-likeness (QED) is 0.383. The smallest absolute Gasteiger partial charge is 0.270 e. The van der Waals surface area contributed by atoms with Crippen LogP contribution in [0.1, 0.15) is 49.7 Å². The van der Waals surface area contributed by atoms with E-state index in [-0.39, 0.29) is 22.4 Å². The van der Waals surface area contributed by atoms with Crippen LogP contribution in [0.25, 0.3) is 0 Å². The van der Waals surface area contributed by atoms with Crippen molar-refractivity contribution in [2.75, 3.05) is 0 Å². The molecule has 6 nitrogen and oxygen atoms in total. The van der Waals surface area contributed by atoms with Crippen molar-refractivity contribution in [1.82, 2.24) is 5.32 Å². The third-order valence-corrected chi connectivity index (χ3v) is 5.36. The lowest BCUT2D eigenvalue weighted by Crippen LogP contribution is -2.43. The third kappa shape index (κ3) is 5.56. The predicted octanol–water partition coefficient (Wildman–Crippen LogP) is 4.58. The average molecular weight is 403 g/mol. The van der Waals surface area contributed by atoms with Crippen LogP contribution in [0.2, 0.25) is 0 Å². The van der Waals surface area contributed by atoms with E-state index in [1.54, 1.807) is 18.2 Å². The number of hydrogen-bond donors (Lipinski definition) is 2. The van der Waals surface area contributed by atoms with Gasteiger partial charge in [-0.15, -0.1) is 11.8 Å². The van der Waals surface area contributed by atoms with E-state index in [1.807, 2.05) is 45.9 Å². The van der Waals surface area contributed by atoms with Gasteiger partial charge in [-0.3, -0.25) is 14.9 Å². The highest BCUT2D eigenvalue weighted by molar-refractivity contribution is 8.00. The number of carbonyl (C=O) groups excluding carboxylic acids is 1. The minimum atomic E-state index is -0.884. The molecule has 0 unspecified atom stereocenters. The molecule has 0 bridgehead atoms. The van der Waals surface area contributed by atoms with E-state index in [2.05, 4.69) is 5.32 Å². The number of carbonyl (C=O) groups is 1. The van der Waals surface area contributed by atoms with Crippen LogP contribution in [0.4, 0.5) is 5.69 Å². The van der Waals surface area contributed by atoms with Crippen LogP contribution in [0, 0.1) is 16.0 Å². The number of nitro benzene ring substituents is 1. The molecule has 0 aliphatic rings. The maximum absolute atomic E-state index is 13.0. The van der Waals surface area contributed by atoms with E-state index < -0.39 is 23.0 Å². The zero-order chi connectivity index (χ0) is 20.8. The zero-order valence-electron chi connectivity index (χ0n) is 16.5. The number of nitrogens with one attached hydrogen (secondary N) is 1. The molecule has 28 heavy (non-hydrogen) atoms. The van der Waals surface area contributed by atoms with Crippen molar-refractivity contribution in [3.05, 3.63) is 69.8 Å². The molecule has 150 valence electrons. The van der Waals surface area contributed by atoms with Gasteiger partial charge in [0.05, 0.1) is 22.6 Å². The Kier molecular flexibility index (Phi) is 7.60. The van der Waals surface area contributed by atoms with Crippen molar-refractivity contribution >= 4 is 23.4 Å². The maximum Gasteiger partial charge on any atom is 0.270 e. The van der Waals surface area contributed by atoms with Gasteiger partial charge in [0.1, 0.15) is 0 Å². The summed E-state index contributed by atoms with van der Waals surface area (Å²) in [5.74, 6) is -0.473. The molecule has 0 aliphatic heterocycles. The van der Waals surface area contributed by atoms with Gasteiger partial charge in [0.25, 0.3) is 11.6 Å². The SMILES string of the molecule is CC(C)Sc1ccc([N+](=O)[O-])cc1C(=O)N[C@@H](C(C)C)[C@H](O)c1ccccc1. The highest BCUT2D eigenvalue weighted by Gasteiger charge is 2.28. The summed E-state index contributed by atoms with van der Waals surface area (Å²) in [6.07, 6.45) is -0.884. The number of non-ortho nitro benzene ring substituents is 1. The van der Waals surface area contributed by atoms with Crippen LogP contribution in [-0.4, -0.2) is 27.2 Å². The molecule has 0 saturated carbocycles. The molecule has 7 heteroatoms. The fraction of sp³-hybridized carbons (Fsp3) is 0.381. The number of nitrogens with zero attached hydrogens (tertiary/aromatic N) is 1. The molecule has 1 amide bonds. The topological polar surface area (TPSA) is 92.5 Å². The number of nitro groups is 1. The number of rotatable bonds is 8. The minimum Gasteiger partial charge on any atom is -0.386 e. The van der Waals surface area contributed by atoms with Gasteiger partial charge in [-0.25, -0.2) is 0 Å². The van der Waals surface area contributed by atoms with Crippen LogP contribution in [-0.2, 0) is 0 Å². The Morgan fingerprint density at radius 1 is 1.11 bits per heavy atom. The third-order valence-electron chi connectivity index (χ3n) is 4.28. The van der Waals surface area contributed by atoms with Gasteiger partial charge < -0.3 is 10.4 Å². The molecular weight excluding hydrogens is 376 g/mol. The van der Waals surface area contributed by atoms with Crippen molar-refractivity contribution < 1.29 is 14.8 Å². The maximum atomic E-state index is 13.0. The highest BCUT2D eigenvalue weighted by Crippen LogP contribution is 2.30. The molecule has 2 N–H and O–H groups in total. The molecule has 0 fully saturated rings. The van der Waals surface area contributed by atoms with Gasteiger partial charge in [0, 0.05) is 22.3 Å². The number of benzene rings is 2. The monoisotopic (exact) mass is 402 g/mol. The summed E-state index contributed by atoms with van der Waals surface area (Å²) in [4.78, 5) is 24.3. The number of thioether (sulfide) groups is 1. The standard InChI is InChI=1S/C21H26N2O4S/c1-13(2)19(20(24)15-8-6-5-7-9-15)22-21(25)17-12-16(23(26)27)10-11-18(17)28-14(3)4/h5-14,19-20,24H,1-4H3,(H,22,25)/t19-,20+/m0/s1. The van der Waals surface area contributed by atoms with Crippen molar-refractivity contribution in [3.63, 3.8) is 0 Å². The summed E-state index contributed by atoms with van der Waals surface area (Å²) in [5.41, 5.74) is 0.819. The summed E-state index contributed by atoms with van der Waals surface area (Å²) in [5, 5.41) is 25.0. The summed E-state index contributed by atoms with van der Waals surface area (Å²) in [6.45, 7) is 7.80. The van der Waals surface area contributed by atoms with Crippen molar-refractivity contribution in [3.8, 4) is 0 Å². The van der Waals surface area contributed by atoms with Crippen LogP contribution >= 0.6 is 11.8 Å². The first kappa shape index (κ1) is 21.9. The molecule has 0 saturated heterocycles. The van der Waals surface area contributed by atoms with E-state index in [4.69, 9.17) is 0 Å². The lowest BCUT2D eigenvalue weighted by Gasteiger charge is -2.28. The van der Waals surface area contributed by atoms with Crippen molar-refractivity contribution in [2.24, 2.45) is 5.92 Å². The molecular formula is C21H26N2O4S. The fourth-order valence-electron chi connectivity index (χ4n) is 2.86. The van der Waals surface area contributed by atoms with E-state index in [1.165, 1.54) is 23.9 Å².